The molecule has 4 nitrogen and oxygen atoms in total. The molecule has 17 heavy (non-hydrogen) atoms. The van der Waals surface area contributed by atoms with Crippen LogP contribution in [0.25, 0.3) is 0 Å². The van der Waals surface area contributed by atoms with E-state index in [1.165, 1.54) is 5.56 Å². The molecule has 0 radical (unpaired) electrons. The van der Waals surface area contributed by atoms with Crippen molar-refractivity contribution in [3.63, 3.8) is 0 Å². The molecule has 0 aliphatic carbocycles. The second-order valence-electron chi connectivity index (χ2n) is 5.27. The fraction of sp³-hybridized carbons (Fsp3) is 0.692. The number of rotatable bonds is 4. The molecule has 0 amide bonds. The van der Waals surface area contributed by atoms with Crippen molar-refractivity contribution in [1.29, 1.82) is 0 Å². The van der Waals surface area contributed by atoms with Crippen LogP contribution in [-0.4, -0.2) is 61.6 Å². The molecular formula is C13H24N4. The first-order valence-electron chi connectivity index (χ1n) is 6.38. The summed E-state index contributed by atoms with van der Waals surface area (Å²) >= 11 is 0. The summed E-state index contributed by atoms with van der Waals surface area (Å²) in [6, 6.07) is 3.26. The minimum absolute atomic E-state index is 0.491. The minimum Gasteiger partial charge on any atom is -0.367 e. The van der Waals surface area contributed by atoms with Crippen molar-refractivity contribution >= 4 is 0 Å². The van der Waals surface area contributed by atoms with Gasteiger partial charge >= 0.3 is 0 Å². The summed E-state index contributed by atoms with van der Waals surface area (Å²) in [5.41, 5.74) is 1.38. The van der Waals surface area contributed by atoms with Gasteiger partial charge in [-0.25, -0.2) is 0 Å². The molecule has 1 fully saturated rings. The molecule has 0 aromatic carbocycles. The predicted molar refractivity (Wildman–Crippen MR) is 71.1 cm³/mol. The van der Waals surface area contributed by atoms with Crippen LogP contribution < -0.4 is 5.32 Å². The first-order valence-corrected chi connectivity index (χ1v) is 6.38. The highest BCUT2D eigenvalue weighted by Gasteiger charge is 2.23. The van der Waals surface area contributed by atoms with Gasteiger partial charge in [0.2, 0.25) is 0 Å². The number of nitrogens with zero attached hydrogens (tertiary/aromatic N) is 2. The lowest BCUT2D eigenvalue weighted by molar-refractivity contribution is 0.190. The van der Waals surface area contributed by atoms with Crippen molar-refractivity contribution in [3.05, 3.63) is 24.0 Å². The second kappa shape index (κ2) is 5.67. The van der Waals surface area contributed by atoms with E-state index in [-0.39, 0.29) is 0 Å². The van der Waals surface area contributed by atoms with Crippen LogP contribution >= 0.6 is 0 Å². The highest BCUT2D eigenvalue weighted by atomic mass is 15.2. The summed E-state index contributed by atoms with van der Waals surface area (Å²) in [5, 5.41) is 3.62. The maximum absolute atomic E-state index is 3.62. The van der Waals surface area contributed by atoms with Gasteiger partial charge < -0.3 is 20.1 Å². The first-order chi connectivity index (χ1) is 8.16. The highest BCUT2D eigenvalue weighted by molar-refractivity contribution is 5.14. The van der Waals surface area contributed by atoms with Crippen LogP contribution in [0.3, 0.4) is 0 Å². The zero-order valence-corrected chi connectivity index (χ0v) is 11.1. The smallest absolute Gasteiger partial charge is 0.0372 e. The standard InChI is InChI=1S/C13H24N4/c1-16(2)13(11-4-5-14-9-11)8-12-10-17(3)7-6-15-12/h4-5,9,12-15H,6-8,10H2,1-3H3. The molecule has 1 aliphatic heterocycles. The molecule has 2 unspecified atom stereocenters. The molecule has 96 valence electrons. The van der Waals surface area contributed by atoms with Crippen molar-refractivity contribution in [2.24, 2.45) is 0 Å². The summed E-state index contributed by atoms with van der Waals surface area (Å²) in [5.74, 6) is 0. The highest BCUT2D eigenvalue weighted by Crippen LogP contribution is 2.23. The van der Waals surface area contributed by atoms with Crippen LogP contribution in [0, 0.1) is 0 Å². The van der Waals surface area contributed by atoms with Crippen LogP contribution in [0.1, 0.15) is 18.0 Å². The molecule has 1 aromatic heterocycles. The Morgan fingerprint density at radius 1 is 1.53 bits per heavy atom. The molecule has 0 saturated carbocycles. The maximum Gasteiger partial charge on any atom is 0.0372 e. The summed E-state index contributed by atoms with van der Waals surface area (Å²) in [6.45, 7) is 3.41. The zero-order chi connectivity index (χ0) is 12.3. The SMILES string of the molecule is CN1CCNC(CC(c2cc[nH]c2)N(C)C)C1. The number of piperazine rings is 1. The van der Waals surface area contributed by atoms with E-state index in [1.54, 1.807) is 0 Å². The van der Waals surface area contributed by atoms with E-state index < -0.39 is 0 Å². The summed E-state index contributed by atoms with van der Waals surface area (Å²) in [7, 11) is 6.52. The lowest BCUT2D eigenvalue weighted by Gasteiger charge is -2.35. The average molecular weight is 236 g/mol. The topological polar surface area (TPSA) is 34.3 Å². The molecule has 0 bridgehead atoms. The normalized spacial score (nSPS) is 24.1. The minimum atomic E-state index is 0.491. The Hall–Kier alpha value is -0.840. The Morgan fingerprint density at radius 3 is 2.94 bits per heavy atom. The summed E-state index contributed by atoms with van der Waals surface area (Å²) < 4.78 is 0. The fourth-order valence-corrected chi connectivity index (χ4v) is 2.61. The Labute approximate surface area is 104 Å². The van der Waals surface area contributed by atoms with Gasteiger partial charge in [-0.05, 0) is 39.2 Å². The van der Waals surface area contributed by atoms with Gasteiger partial charge in [0.15, 0.2) is 0 Å². The number of hydrogen-bond acceptors (Lipinski definition) is 3. The molecule has 2 atom stereocenters. The molecule has 1 saturated heterocycles. The number of aromatic nitrogens is 1. The van der Waals surface area contributed by atoms with Gasteiger partial charge in [-0.15, -0.1) is 0 Å². The number of hydrogen-bond donors (Lipinski definition) is 2. The maximum atomic E-state index is 3.62. The van der Waals surface area contributed by atoms with Gasteiger partial charge in [0.25, 0.3) is 0 Å². The number of aromatic amines is 1. The van der Waals surface area contributed by atoms with Gasteiger partial charge in [0, 0.05) is 44.1 Å². The van der Waals surface area contributed by atoms with E-state index in [0.717, 1.165) is 26.1 Å². The molecule has 4 heteroatoms. The lowest BCUT2D eigenvalue weighted by Crippen LogP contribution is -2.50. The van der Waals surface area contributed by atoms with Crippen molar-refractivity contribution in [2.75, 3.05) is 40.8 Å². The lowest BCUT2D eigenvalue weighted by atomic mass is 9.99. The molecule has 1 aliphatic rings. The van der Waals surface area contributed by atoms with Crippen molar-refractivity contribution in [2.45, 2.75) is 18.5 Å². The number of nitrogens with one attached hydrogen (secondary N) is 2. The van der Waals surface area contributed by atoms with E-state index in [2.05, 4.69) is 53.5 Å². The van der Waals surface area contributed by atoms with Gasteiger partial charge in [0.1, 0.15) is 0 Å². The average Bonchev–Trinajstić information content (AvgIpc) is 2.78. The largest absolute Gasteiger partial charge is 0.367 e. The molecule has 2 rings (SSSR count). The molecule has 1 aromatic rings. The Bertz CT molecular complexity index is 320. The van der Waals surface area contributed by atoms with Gasteiger partial charge in [-0.2, -0.15) is 0 Å². The van der Waals surface area contributed by atoms with E-state index in [0.29, 0.717) is 12.1 Å². The second-order valence-corrected chi connectivity index (χ2v) is 5.27. The van der Waals surface area contributed by atoms with Crippen molar-refractivity contribution in [1.82, 2.24) is 20.1 Å². The third-order valence-corrected chi connectivity index (χ3v) is 3.60. The third kappa shape index (κ3) is 3.31. The Morgan fingerprint density at radius 2 is 2.35 bits per heavy atom. The van der Waals surface area contributed by atoms with Crippen LogP contribution in [-0.2, 0) is 0 Å². The van der Waals surface area contributed by atoms with Crippen molar-refractivity contribution < 1.29 is 0 Å². The van der Waals surface area contributed by atoms with Crippen LogP contribution in [0.2, 0.25) is 0 Å². The monoisotopic (exact) mass is 236 g/mol. The van der Waals surface area contributed by atoms with Crippen molar-refractivity contribution in [3.8, 4) is 0 Å². The third-order valence-electron chi connectivity index (χ3n) is 3.60. The van der Waals surface area contributed by atoms with Gasteiger partial charge in [0.05, 0.1) is 0 Å². The van der Waals surface area contributed by atoms with E-state index in [1.807, 2.05) is 6.20 Å². The Balaban J connectivity index is 1.98. The summed E-state index contributed by atoms with van der Waals surface area (Å²) in [6.07, 6.45) is 5.28. The molecule has 0 spiro atoms. The Kier molecular flexibility index (Phi) is 4.20. The van der Waals surface area contributed by atoms with Crippen LogP contribution in [0.5, 0.6) is 0 Å². The zero-order valence-electron chi connectivity index (χ0n) is 11.1. The fourth-order valence-electron chi connectivity index (χ4n) is 2.61. The van der Waals surface area contributed by atoms with E-state index in [4.69, 9.17) is 0 Å². The molecule has 2 N–H and O–H groups in total. The molecular weight excluding hydrogens is 212 g/mol. The van der Waals surface area contributed by atoms with Crippen LogP contribution in [0.4, 0.5) is 0 Å². The van der Waals surface area contributed by atoms with Gasteiger partial charge in [-0.3, -0.25) is 0 Å². The van der Waals surface area contributed by atoms with E-state index in [9.17, 15) is 0 Å². The predicted octanol–water partition coefficient (Wildman–Crippen LogP) is 0.911. The number of H-pyrrole nitrogens is 1. The van der Waals surface area contributed by atoms with E-state index >= 15 is 0 Å². The quantitative estimate of drug-likeness (QED) is 0.815. The van der Waals surface area contributed by atoms with Crippen LogP contribution in [0.15, 0.2) is 18.5 Å². The number of likely N-dealkylation sites (N-methyl/N-ethyl adjacent to an activating group) is 1. The molecule has 2 heterocycles. The van der Waals surface area contributed by atoms with Gasteiger partial charge in [-0.1, -0.05) is 0 Å². The summed E-state index contributed by atoms with van der Waals surface area (Å²) in [4.78, 5) is 7.87. The first kappa shape index (κ1) is 12.6.